The lowest BCUT2D eigenvalue weighted by atomic mass is 10.1. The van der Waals surface area contributed by atoms with Crippen LogP contribution in [-0.2, 0) is 11.2 Å². The summed E-state index contributed by atoms with van der Waals surface area (Å²) in [5.41, 5.74) is 1.52. The zero-order valence-corrected chi connectivity index (χ0v) is 14.3. The van der Waals surface area contributed by atoms with Gasteiger partial charge in [-0.25, -0.2) is 9.37 Å². The van der Waals surface area contributed by atoms with Crippen molar-refractivity contribution in [1.29, 1.82) is 0 Å². The Labute approximate surface area is 144 Å². The van der Waals surface area contributed by atoms with Gasteiger partial charge in [0.1, 0.15) is 5.82 Å². The molecule has 1 N–H and O–H groups in total. The zero-order valence-electron chi connectivity index (χ0n) is 13.5. The van der Waals surface area contributed by atoms with E-state index in [1.165, 1.54) is 10.8 Å². The first-order valence-electron chi connectivity index (χ1n) is 8.02. The van der Waals surface area contributed by atoms with Crippen molar-refractivity contribution >= 4 is 27.5 Å². The van der Waals surface area contributed by atoms with Gasteiger partial charge in [-0.05, 0) is 38.0 Å². The van der Waals surface area contributed by atoms with Gasteiger partial charge in [0.15, 0.2) is 0 Å². The first-order chi connectivity index (χ1) is 11.6. The van der Waals surface area contributed by atoms with Crippen molar-refractivity contribution < 1.29 is 9.18 Å². The largest absolute Gasteiger partial charge is 0.349 e. The third-order valence-corrected chi connectivity index (χ3v) is 4.98. The van der Waals surface area contributed by atoms with E-state index in [0.29, 0.717) is 12.0 Å². The molecule has 0 saturated heterocycles. The number of amides is 1. The lowest BCUT2D eigenvalue weighted by Gasteiger charge is -2.14. The number of carbonyl (C=O) groups excluding carboxylic acids is 1. The van der Waals surface area contributed by atoms with Gasteiger partial charge in [-0.1, -0.05) is 30.3 Å². The Morgan fingerprint density at radius 1 is 1.21 bits per heavy atom. The first-order valence-corrected chi connectivity index (χ1v) is 8.83. The number of aromatic nitrogens is 1. The summed E-state index contributed by atoms with van der Waals surface area (Å²) in [5, 5.41) is 3.90. The van der Waals surface area contributed by atoms with Gasteiger partial charge in [0.05, 0.1) is 21.3 Å². The average Bonchev–Trinajstić information content (AvgIpc) is 2.97. The molecule has 1 atom stereocenters. The molecule has 1 unspecified atom stereocenters. The van der Waals surface area contributed by atoms with Gasteiger partial charge in [-0.3, -0.25) is 4.79 Å². The van der Waals surface area contributed by atoms with Crippen molar-refractivity contribution in [3.8, 4) is 0 Å². The lowest BCUT2D eigenvalue weighted by molar-refractivity contribution is -0.121. The SMILES string of the molecule is CC(NC(=O)CCCc1nc2ccccc2s1)c1ccccc1F. The van der Waals surface area contributed by atoms with E-state index in [2.05, 4.69) is 16.4 Å². The summed E-state index contributed by atoms with van der Waals surface area (Å²) in [4.78, 5) is 16.6. The van der Waals surface area contributed by atoms with E-state index in [-0.39, 0.29) is 17.8 Å². The number of nitrogens with zero attached hydrogens (tertiary/aromatic N) is 1. The summed E-state index contributed by atoms with van der Waals surface area (Å²) in [5.74, 6) is -0.355. The summed E-state index contributed by atoms with van der Waals surface area (Å²) in [6.07, 6.45) is 1.92. The van der Waals surface area contributed by atoms with Crippen LogP contribution < -0.4 is 5.32 Å². The Kier molecular flexibility index (Phi) is 5.20. The van der Waals surface area contributed by atoms with Crippen molar-refractivity contribution in [2.75, 3.05) is 0 Å². The molecule has 0 spiro atoms. The van der Waals surface area contributed by atoms with Gasteiger partial charge in [0, 0.05) is 12.0 Å². The molecule has 1 amide bonds. The predicted octanol–water partition coefficient (Wildman–Crippen LogP) is 4.64. The predicted molar refractivity (Wildman–Crippen MR) is 95.5 cm³/mol. The topological polar surface area (TPSA) is 42.0 Å². The summed E-state index contributed by atoms with van der Waals surface area (Å²) >= 11 is 1.67. The number of hydrogen-bond acceptors (Lipinski definition) is 3. The highest BCUT2D eigenvalue weighted by Gasteiger charge is 2.13. The second kappa shape index (κ2) is 7.53. The molecule has 0 aliphatic rings. The highest BCUT2D eigenvalue weighted by Crippen LogP contribution is 2.23. The maximum atomic E-state index is 13.7. The number of carbonyl (C=O) groups is 1. The van der Waals surface area contributed by atoms with Crippen LogP contribution in [0.4, 0.5) is 4.39 Å². The lowest BCUT2D eigenvalue weighted by Crippen LogP contribution is -2.27. The molecule has 0 aliphatic carbocycles. The fourth-order valence-electron chi connectivity index (χ4n) is 2.64. The molecule has 0 saturated carbocycles. The van der Waals surface area contributed by atoms with Crippen molar-refractivity contribution in [3.05, 3.63) is 64.9 Å². The third-order valence-electron chi connectivity index (χ3n) is 3.88. The molecule has 3 aromatic rings. The van der Waals surface area contributed by atoms with E-state index in [1.54, 1.807) is 36.5 Å². The van der Waals surface area contributed by atoms with Crippen LogP contribution in [0.25, 0.3) is 10.2 Å². The minimum Gasteiger partial charge on any atom is -0.349 e. The first kappa shape index (κ1) is 16.6. The van der Waals surface area contributed by atoms with Gasteiger partial charge >= 0.3 is 0 Å². The summed E-state index contributed by atoms with van der Waals surface area (Å²) in [7, 11) is 0. The molecule has 1 aromatic heterocycles. The number of thiazole rings is 1. The molecule has 0 bridgehead atoms. The van der Waals surface area contributed by atoms with Crippen molar-refractivity contribution in [2.45, 2.75) is 32.2 Å². The number of benzene rings is 2. The molecule has 0 fully saturated rings. The number of hydrogen-bond donors (Lipinski definition) is 1. The molecule has 24 heavy (non-hydrogen) atoms. The number of halogens is 1. The molecule has 3 nitrogen and oxygen atoms in total. The smallest absolute Gasteiger partial charge is 0.220 e. The standard InChI is InChI=1S/C19H19FN2OS/c1-13(14-7-2-3-8-15(14)20)21-18(23)11-6-12-19-22-16-9-4-5-10-17(16)24-19/h2-5,7-10,13H,6,11-12H2,1H3,(H,21,23). The Balaban J connectivity index is 1.49. The number of para-hydroxylation sites is 1. The monoisotopic (exact) mass is 342 g/mol. The number of nitrogens with one attached hydrogen (secondary N) is 1. The third kappa shape index (κ3) is 3.97. The van der Waals surface area contributed by atoms with Crippen molar-refractivity contribution in [1.82, 2.24) is 10.3 Å². The van der Waals surface area contributed by atoms with E-state index in [0.717, 1.165) is 23.4 Å². The van der Waals surface area contributed by atoms with E-state index in [9.17, 15) is 9.18 Å². The fourth-order valence-corrected chi connectivity index (χ4v) is 3.65. The minimum atomic E-state index is -0.332. The Bertz CT molecular complexity index is 813. The maximum Gasteiger partial charge on any atom is 0.220 e. The molecular weight excluding hydrogens is 323 g/mol. The second-order valence-electron chi connectivity index (χ2n) is 5.74. The molecule has 5 heteroatoms. The van der Waals surface area contributed by atoms with E-state index >= 15 is 0 Å². The normalized spacial score (nSPS) is 12.2. The van der Waals surface area contributed by atoms with Gasteiger partial charge in [-0.2, -0.15) is 0 Å². The number of aryl methyl sites for hydroxylation is 1. The Hall–Kier alpha value is -2.27. The Morgan fingerprint density at radius 3 is 2.75 bits per heavy atom. The van der Waals surface area contributed by atoms with Gasteiger partial charge in [0.2, 0.25) is 5.91 Å². The molecule has 2 aromatic carbocycles. The van der Waals surface area contributed by atoms with Gasteiger partial charge in [-0.15, -0.1) is 11.3 Å². The van der Waals surface area contributed by atoms with Crippen LogP contribution >= 0.6 is 11.3 Å². The van der Waals surface area contributed by atoms with Crippen LogP contribution in [0.1, 0.15) is 36.4 Å². The second-order valence-corrected chi connectivity index (χ2v) is 6.85. The van der Waals surface area contributed by atoms with Crippen molar-refractivity contribution in [2.24, 2.45) is 0 Å². The Morgan fingerprint density at radius 2 is 1.96 bits per heavy atom. The van der Waals surface area contributed by atoms with Crippen LogP contribution in [0.5, 0.6) is 0 Å². The van der Waals surface area contributed by atoms with Crippen LogP contribution in [0.15, 0.2) is 48.5 Å². The van der Waals surface area contributed by atoms with Crippen molar-refractivity contribution in [3.63, 3.8) is 0 Å². The highest BCUT2D eigenvalue weighted by molar-refractivity contribution is 7.18. The average molecular weight is 342 g/mol. The summed E-state index contributed by atoms with van der Waals surface area (Å²) in [6.45, 7) is 1.80. The molecule has 0 radical (unpaired) electrons. The summed E-state index contributed by atoms with van der Waals surface area (Å²) < 4.78 is 14.9. The number of fused-ring (bicyclic) bond motifs is 1. The van der Waals surface area contributed by atoms with Gasteiger partial charge in [0.25, 0.3) is 0 Å². The number of rotatable bonds is 6. The molecular formula is C19H19FN2OS. The van der Waals surface area contributed by atoms with Crippen LogP contribution in [0, 0.1) is 5.82 Å². The molecule has 124 valence electrons. The van der Waals surface area contributed by atoms with Gasteiger partial charge < -0.3 is 5.32 Å². The van der Waals surface area contributed by atoms with Crippen LogP contribution in [0.3, 0.4) is 0 Å². The minimum absolute atomic E-state index is 0.0631. The molecule has 3 rings (SSSR count). The maximum absolute atomic E-state index is 13.7. The van der Waals surface area contributed by atoms with E-state index < -0.39 is 0 Å². The highest BCUT2D eigenvalue weighted by atomic mass is 32.1. The van der Waals surface area contributed by atoms with E-state index in [4.69, 9.17) is 0 Å². The van der Waals surface area contributed by atoms with Crippen LogP contribution in [0.2, 0.25) is 0 Å². The fraction of sp³-hybridized carbons (Fsp3) is 0.263. The summed E-state index contributed by atoms with van der Waals surface area (Å²) in [6, 6.07) is 14.2. The molecule has 1 heterocycles. The zero-order chi connectivity index (χ0) is 16.9. The quantitative estimate of drug-likeness (QED) is 0.709. The van der Waals surface area contributed by atoms with E-state index in [1.807, 2.05) is 18.2 Å². The van der Waals surface area contributed by atoms with Crippen LogP contribution in [-0.4, -0.2) is 10.9 Å². The molecule has 0 aliphatic heterocycles.